The number of halogens is 1. The summed E-state index contributed by atoms with van der Waals surface area (Å²) in [6.07, 6.45) is 4.43. The summed E-state index contributed by atoms with van der Waals surface area (Å²) in [5, 5.41) is 2.89. The Morgan fingerprint density at radius 1 is 1.20 bits per heavy atom. The van der Waals surface area contributed by atoms with Crippen LogP contribution in [0.3, 0.4) is 0 Å². The lowest BCUT2D eigenvalue weighted by molar-refractivity contribution is -0.131. The summed E-state index contributed by atoms with van der Waals surface area (Å²) in [5.74, 6) is -1.04. The molecule has 0 radical (unpaired) electrons. The Kier molecular flexibility index (Phi) is 7.36. The van der Waals surface area contributed by atoms with E-state index in [0.717, 1.165) is 29.7 Å². The highest BCUT2D eigenvalue weighted by atomic mass is 19.1. The fourth-order valence-electron chi connectivity index (χ4n) is 3.39. The van der Waals surface area contributed by atoms with Crippen molar-refractivity contribution in [3.8, 4) is 0 Å². The van der Waals surface area contributed by atoms with Gasteiger partial charge in [-0.1, -0.05) is 30.3 Å². The van der Waals surface area contributed by atoms with Gasteiger partial charge in [0.2, 0.25) is 11.8 Å². The van der Waals surface area contributed by atoms with Crippen molar-refractivity contribution in [3.05, 3.63) is 71.0 Å². The Balaban J connectivity index is 1.71. The monoisotopic (exact) mass is 410 g/mol. The molecule has 1 aliphatic heterocycles. The number of ether oxygens (including phenoxy) is 1. The largest absolute Gasteiger partial charge is 0.376 e. The molecule has 1 fully saturated rings. The first-order chi connectivity index (χ1) is 14.4. The van der Waals surface area contributed by atoms with E-state index in [4.69, 9.17) is 4.74 Å². The van der Waals surface area contributed by atoms with Crippen molar-refractivity contribution in [2.75, 3.05) is 25.0 Å². The molecule has 30 heavy (non-hydrogen) atoms. The average molecular weight is 410 g/mol. The minimum atomic E-state index is -0.403. The number of aryl methyl sites for hydroxylation is 1. The summed E-state index contributed by atoms with van der Waals surface area (Å²) >= 11 is 0. The Morgan fingerprint density at radius 3 is 2.73 bits per heavy atom. The normalized spacial score (nSPS) is 16.0. The zero-order chi connectivity index (χ0) is 21.5. The second kappa shape index (κ2) is 10.2. The number of nitrogens with one attached hydrogen (secondary N) is 1. The van der Waals surface area contributed by atoms with Crippen LogP contribution < -0.4 is 5.32 Å². The van der Waals surface area contributed by atoms with Crippen LogP contribution in [0.1, 0.15) is 29.5 Å². The Bertz CT molecular complexity index is 936. The fraction of sp³-hybridized carbons (Fsp3) is 0.333. The molecule has 1 heterocycles. The first kappa shape index (κ1) is 21.7. The first-order valence-corrected chi connectivity index (χ1v) is 10.1. The van der Waals surface area contributed by atoms with Crippen LogP contribution in [-0.4, -0.2) is 42.5 Å². The number of rotatable bonds is 7. The second-order valence-electron chi connectivity index (χ2n) is 7.50. The van der Waals surface area contributed by atoms with Crippen molar-refractivity contribution in [2.45, 2.75) is 32.8 Å². The third-order valence-corrected chi connectivity index (χ3v) is 5.28. The molecule has 2 aromatic carbocycles. The van der Waals surface area contributed by atoms with Crippen molar-refractivity contribution >= 4 is 23.6 Å². The third kappa shape index (κ3) is 5.76. The molecule has 1 aliphatic rings. The highest BCUT2D eigenvalue weighted by Crippen LogP contribution is 2.18. The minimum absolute atomic E-state index is 0.0932. The number of benzene rings is 2. The molecule has 1 unspecified atom stereocenters. The topological polar surface area (TPSA) is 58.6 Å². The van der Waals surface area contributed by atoms with Gasteiger partial charge in [0.05, 0.1) is 6.10 Å². The van der Waals surface area contributed by atoms with Crippen LogP contribution in [0.25, 0.3) is 6.08 Å². The molecule has 1 saturated heterocycles. The van der Waals surface area contributed by atoms with Gasteiger partial charge in [-0.25, -0.2) is 4.39 Å². The maximum atomic E-state index is 13.8. The Hall–Kier alpha value is -2.99. The highest BCUT2D eigenvalue weighted by Gasteiger charge is 2.23. The van der Waals surface area contributed by atoms with Gasteiger partial charge >= 0.3 is 0 Å². The number of hydrogen-bond acceptors (Lipinski definition) is 3. The molecule has 2 aromatic rings. The van der Waals surface area contributed by atoms with E-state index in [2.05, 4.69) is 5.32 Å². The van der Waals surface area contributed by atoms with Crippen LogP contribution in [0.2, 0.25) is 0 Å². The van der Waals surface area contributed by atoms with Gasteiger partial charge < -0.3 is 15.0 Å². The van der Waals surface area contributed by atoms with E-state index < -0.39 is 5.82 Å². The lowest BCUT2D eigenvalue weighted by atomic mass is 10.1. The zero-order valence-corrected chi connectivity index (χ0v) is 17.4. The molecule has 1 N–H and O–H groups in total. The van der Waals surface area contributed by atoms with E-state index in [1.54, 1.807) is 18.2 Å². The van der Waals surface area contributed by atoms with Crippen molar-refractivity contribution in [1.82, 2.24) is 4.90 Å². The van der Waals surface area contributed by atoms with Gasteiger partial charge in [-0.2, -0.15) is 0 Å². The Morgan fingerprint density at radius 2 is 2.00 bits per heavy atom. The molecule has 0 spiro atoms. The number of anilines is 1. The van der Waals surface area contributed by atoms with Crippen LogP contribution >= 0.6 is 0 Å². The van der Waals surface area contributed by atoms with Gasteiger partial charge in [0.1, 0.15) is 12.4 Å². The molecule has 0 aromatic heterocycles. The highest BCUT2D eigenvalue weighted by molar-refractivity contribution is 5.98. The van der Waals surface area contributed by atoms with Crippen molar-refractivity contribution in [1.29, 1.82) is 0 Å². The van der Waals surface area contributed by atoms with Crippen LogP contribution in [0, 0.1) is 19.7 Å². The summed E-state index contributed by atoms with van der Waals surface area (Å²) in [6.45, 7) is 4.80. The zero-order valence-electron chi connectivity index (χ0n) is 17.4. The van der Waals surface area contributed by atoms with E-state index in [9.17, 15) is 14.0 Å². The van der Waals surface area contributed by atoms with Crippen LogP contribution in [-0.2, 0) is 14.3 Å². The lowest BCUT2D eigenvalue weighted by Gasteiger charge is -2.24. The maximum absolute atomic E-state index is 13.8. The van der Waals surface area contributed by atoms with Gasteiger partial charge in [0.15, 0.2) is 0 Å². The predicted octanol–water partition coefficient (Wildman–Crippen LogP) is 4.10. The summed E-state index contributed by atoms with van der Waals surface area (Å²) in [7, 11) is 0. The fourth-order valence-corrected chi connectivity index (χ4v) is 3.39. The van der Waals surface area contributed by atoms with Crippen LogP contribution in [0.5, 0.6) is 0 Å². The van der Waals surface area contributed by atoms with E-state index in [0.29, 0.717) is 18.7 Å². The molecule has 158 valence electrons. The molecule has 0 aliphatic carbocycles. The minimum Gasteiger partial charge on any atom is -0.376 e. The number of carbonyl (C=O) groups is 2. The number of amides is 2. The molecule has 5 nitrogen and oxygen atoms in total. The second-order valence-corrected chi connectivity index (χ2v) is 7.50. The van der Waals surface area contributed by atoms with E-state index in [-0.39, 0.29) is 24.5 Å². The smallest absolute Gasteiger partial charge is 0.247 e. The SMILES string of the molecule is Cc1cccc(NC(=O)CN(CC2CCCO2)C(=O)/C=C/c2ccccc2F)c1C. The van der Waals surface area contributed by atoms with Gasteiger partial charge in [-0.05, 0) is 56.0 Å². The van der Waals surface area contributed by atoms with Crippen molar-refractivity contribution < 1.29 is 18.7 Å². The molecule has 1 atom stereocenters. The van der Waals surface area contributed by atoms with Crippen molar-refractivity contribution in [3.63, 3.8) is 0 Å². The third-order valence-electron chi connectivity index (χ3n) is 5.28. The molecule has 3 rings (SSSR count). The molecule has 6 heteroatoms. The average Bonchev–Trinajstić information content (AvgIpc) is 3.23. The van der Waals surface area contributed by atoms with Gasteiger partial charge in [0.25, 0.3) is 0 Å². The van der Waals surface area contributed by atoms with Crippen molar-refractivity contribution in [2.24, 2.45) is 0 Å². The lowest BCUT2D eigenvalue weighted by Crippen LogP contribution is -2.41. The van der Waals surface area contributed by atoms with E-state index in [1.165, 1.54) is 23.1 Å². The molecular weight excluding hydrogens is 383 g/mol. The van der Waals surface area contributed by atoms with Crippen LogP contribution in [0.15, 0.2) is 48.5 Å². The molecule has 0 saturated carbocycles. The number of carbonyl (C=O) groups excluding carboxylic acids is 2. The summed E-state index contributed by atoms with van der Waals surface area (Å²) in [5.41, 5.74) is 3.12. The van der Waals surface area contributed by atoms with E-state index in [1.807, 2.05) is 32.0 Å². The van der Waals surface area contributed by atoms with Crippen LogP contribution in [0.4, 0.5) is 10.1 Å². The number of nitrogens with zero attached hydrogens (tertiary/aromatic N) is 1. The summed E-state index contributed by atoms with van der Waals surface area (Å²) < 4.78 is 19.5. The van der Waals surface area contributed by atoms with Gasteiger partial charge in [0, 0.05) is 30.5 Å². The summed E-state index contributed by atoms with van der Waals surface area (Å²) in [4.78, 5) is 26.9. The molecule has 0 bridgehead atoms. The predicted molar refractivity (Wildman–Crippen MR) is 116 cm³/mol. The Labute approximate surface area is 176 Å². The first-order valence-electron chi connectivity index (χ1n) is 10.1. The molecule has 2 amide bonds. The number of hydrogen-bond donors (Lipinski definition) is 1. The quantitative estimate of drug-likeness (QED) is 0.699. The standard InChI is InChI=1S/C24H27FN2O3/c1-17-7-5-11-22(18(17)2)26-23(28)16-27(15-20-9-6-14-30-20)24(29)13-12-19-8-3-4-10-21(19)25/h3-5,7-8,10-13,20H,6,9,14-16H2,1-2H3,(H,26,28)/b13-12+. The maximum Gasteiger partial charge on any atom is 0.247 e. The van der Waals surface area contributed by atoms with E-state index >= 15 is 0 Å². The molecular formula is C24H27FN2O3. The summed E-state index contributed by atoms with van der Waals surface area (Å²) in [6, 6.07) is 11.9. The van der Waals surface area contributed by atoms with Gasteiger partial charge in [-0.15, -0.1) is 0 Å². The van der Waals surface area contributed by atoms with Gasteiger partial charge in [-0.3, -0.25) is 9.59 Å².